The fourth-order valence-corrected chi connectivity index (χ4v) is 3.57. The number of aromatic nitrogens is 1. The molecular formula is C25H33N3O. The van der Waals surface area contributed by atoms with E-state index in [0.717, 1.165) is 43.4 Å². The second-order valence-corrected chi connectivity index (χ2v) is 7.60. The molecule has 0 atom stereocenters. The van der Waals surface area contributed by atoms with Crippen molar-refractivity contribution in [3.05, 3.63) is 71.4 Å². The Kier molecular flexibility index (Phi) is 7.88. The van der Waals surface area contributed by atoms with Gasteiger partial charge in [-0.15, -0.1) is 0 Å². The number of carbonyl (C=O) groups is 1. The first kappa shape index (κ1) is 21.1. The van der Waals surface area contributed by atoms with Gasteiger partial charge in [-0.2, -0.15) is 0 Å². The zero-order chi connectivity index (χ0) is 20.5. The second-order valence-electron chi connectivity index (χ2n) is 7.60. The Labute approximate surface area is 174 Å². The molecule has 0 unspecified atom stereocenters. The minimum atomic E-state index is 0.00357. The Bertz CT molecular complexity index is 929. The van der Waals surface area contributed by atoms with Crippen LogP contribution in [0.5, 0.6) is 0 Å². The van der Waals surface area contributed by atoms with Crippen molar-refractivity contribution in [3.8, 4) is 0 Å². The van der Waals surface area contributed by atoms with Gasteiger partial charge in [0.05, 0.1) is 0 Å². The number of carbonyl (C=O) groups excluding carboxylic acids is 1. The fraction of sp³-hybridized carbons (Fsp3) is 0.400. The van der Waals surface area contributed by atoms with Crippen LogP contribution in [-0.2, 0) is 19.5 Å². The number of hydrogen-bond donors (Lipinski definition) is 2. The minimum absolute atomic E-state index is 0.00357. The summed E-state index contributed by atoms with van der Waals surface area (Å²) in [6.07, 6.45) is 6.44. The molecule has 0 aliphatic heterocycles. The average Bonchev–Trinajstić information content (AvgIpc) is 3.16. The summed E-state index contributed by atoms with van der Waals surface area (Å²) in [7, 11) is 0. The summed E-state index contributed by atoms with van der Waals surface area (Å²) >= 11 is 0. The second kappa shape index (κ2) is 10.8. The predicted molar refractivity (Wildman–Crippen MR) is 121 cm³/mol. The SMILES string of the molecule is CCCCn1ccc2cc(C(=O)NCCCNCc3cccc(CC)c3)ccc21. The van der Waals surface area contributed by atoms with E-state index < -0.39 is 0 Å². The molecule has 0 fully saturated rings. The lowest BCUT2D eigenvalue weighted by atomic mass is 10.1. The molecule has 1 heterocycles. The molecule has 154 valence electrons. The van der Waals surface area contributed by atoms with E-state index in [9.17, 15) is 4.79 Å². The molecular weight excluding hydrogens is 358 g/mol. The van der Waals surface area contributed by atoms with Crippen LogP contribution >= 0.6 is 0 Å². The molecule has 1 amide bonds. The van der Waals surface area contributed by atoms with Crippen molar-refractivity contribution in [1.29, 1.82) is 0 Å². The van der Waals surface area contributed by atoms with E-state index in [0.29, 0.717) is 6.54 Å². The van der Waals surface area contributed by atoms with Crippen LogP contribution in [0, 0.1) is 0 Å². The zero-order valence-electron chi connectivity index (χ0n) is 17.7. The Balaban J connectivity index is 1.41. The van der Waals surface area contributed by atoms with Gasteiger partial charge in [0, 0.05) is 42.3 Å². The fourth-order valence-electron chi connectivity index (χ4n) is 3.57. The van der Waals surface area contributed by atoms with Crippen LogP contribution in [0.25, 0.3) is 10.9 Å². The Hall–Kier alpha value is -2.59. The molecule has 0 aliphatic rings. The van der Waals surface area contributed by atoms with Gasteiger partial charge < -0.3 is 15.2 Å². The first-order valence-electron chi connectivity index (χ1n) is 10.9. The summed E-state index contributed by atoms with van der Waals surface area (Å²) in [4.78, 5) is 12.5. The van der Waals surface area contributed by atoms with Gasteiger partial charge in [0.2, 0.25) is 0 Å². The van der Waals surface area contributed by atoms with Crippen LogP contribution in [0.3, 0.4) is 0 Å². The van der Waals surface area contributed by atoms with Crippen LogP contribution < -0.4 is 10.6 Å². The number of benzene rings is 2. The smallest absolute Gasteiger partial charge is 0.251 e. The minimum Gasteiger partial charge on any atom is -0.352 e. The van der Waals surface area contributed by atoms with Crippen LogP contribution in [0.2, 0.25) is 0 Å². The number of hydrogen-bond acceptors (Lipinski definition) is 2. The van der Waals surface area contributed by atoms with Crippen LogP contribution in [0.1, 0.15) is 54.6 Å². The number of aryl methyl sites for hydroxylation is 2. The van der Waals surface area contributed by atoms with E-state index in [1.807, 2.05) is 12.1 Å². The van der Waals surface area contributed by atoms with Gasteiger partial charge in [-0.05, 0) is 61.2 Å². The third-order valence-electron chi connectivity index (χ3n) is 5.33. The van der Waals surface area contributed by atoms with Crippen LogP contribution in [-0.4, -0.2) is 23.6 Å². The van der Waals surface area contributed by atoms with Crippen LogP contribution in [0.15, 0.2) is 54.7 Å². The van der Waals surface area contributed by atoms with E-state index in [2.05, 4.69) is 71.6 Å². The number of nitrogens with one attached hydrogen (secondary N) is 2. The molecule has 0 aliphatic carbocycles. The molecule has 0 saturated carbocycles. The summed E-state index contributed by atoms with van der Waals surface area (Å²) in [6.45, 7) is 7.84. The monoisotopic (exact) mass is 391 g/mol. The Morgan fingerprint density at radius 3 is 2.66 bits per heavy atom. The van der Waals surface area contributed by atoms with Gasteiger partial charge in [0.1, 0.15) is 0 Å². The molecule has 0 radical (unpaired) electrons. The number of fused-ring (bicyclic) bond motifs is 1. The number of unbranched alkanes of at least 4 members (excludes halogenated alkanes) is 1. The Morgan fingerprint density at radius 1 is 0.966 bits per heavy atom. The largest absolute Gasteiger partial charge is 0.352 e. The van der Waals surface area contributed by atoms with E-state index in [4.69, 9.17) is 0 Å². The van der Waals surface area contributed by atoms with Crippen molar-refractivity contribution < 1.29 is 4.79 Å². The molecule has 3 rings (SSSR count). The third-order valence-corrected chi connectivity index (χ3v) is 5.33. The lowest BCUT2D eigenvalue weighted by Gasteiger charge is -2.08. The maximum atomic E-state index is 12.5. The molecule has 4 nitrogen and oxygen atoms in total. The molecule has 0 spiro atoms. The summed E-state index contributed by atoms with van der Waals surface area (Å²) in [5, 5.41) is 7.62. The molecule has 2 N–H and O–H groups in total. The van der Waals surface area contributed by atoms with Gasteiger partial charge in [-0.1, -0.05) is 44.5 Å². The number of amides is 1. The van der Waals surface area contributed by atoms with Crippen molar-refractivity contribution in [2.45, 2.75) is 52.6 Å². The zero-order valence-corrected chi connectivity index (χ0v) is 17.7. The summed E-state index contributed by atoms with van der Waals surface area (Å²) in [5.41, 5.74) is 4.61. The highest BCUT2D eigenvalue weighted by molar-refractivity contribution is 5.98. The maximum absolute atomic E-state index is 12.5. The van der Waals surface area contributed by atoms with Crippen molar-refractivity contribution >= 4 is 16.8 Å². The van der Waals surface area contributed by atoms with Gasteiger partial charge in [0.25, 0.3) is 5.91 Å². The highest BCUT2D eigenvalue weighted by Gasteiger charge is 2.08. The lowest BCUT2D eigenvalue weighted by Crippen LogP contribution is -2.27. The molecule has 4 heteroatoms. The molecule has 2 aromatic carbocycles. The standard InChI is InChI=1S/C25H33N3O/c1-3-5-15-28-16-12-22-18-23(10-11-24(22)28)25(29)27-14-7-13-26-19-21-9-6-8-20(4-2)17-21/h6,8-12,16-18,26H,3-5,7,13-15,19H2,1-2H3,(H,27,29). The van der Waals surface area contributed by atoms with Gasteiger partial charge in [-0.25, -0.2) is 0 Å². The molecule has 0 bridgehead atoms. The van der Waals surface area contributed by atoms with E-state index in [1.165, 1.54) is 29.5 Å². The topological polar surface area (TPSA) is 46.1 Å². The van der Waals surface area contributed by atoms with E-state index in [1.54, 1.807) is 0 Å². The van der Waals surface area contributed by atoms with E-state index in [-0.39, 0.29) is 5.91 Å². The molecule has 0 saturated heterocycles. The van der Waals surface area contributed by atoms with Crippen LogP contribution in [0.4, 0.5) is 0 Å². The number of nitrogens with zero attached hydrogens (tertiary/aromatic N) is 1. The Morgan fingerprint density at radius 2 is 1.83 bits per heavy atom. The van der Waals surface area contributed by atoms with Crippen molar-refractivity contribution in [1.82, 2.24) is 15.2 Å². The molecule has 29 heavy (non-hydrogen) atoms. The average molecular weight is 392 g/mol. The van der Waals surface area contributed by atoms with Gasteiger partial charge >= 0.3 is 0 Å². The normalized spacial score (nSPS) is 11.1. The molecule has 3 aromatic rings. The summed E-state index contributed by atoms with van der Waals surface area (Å²) in [5.74, 6) is 0.00357. The van der Waals surface area contributed by atoms with Crippen molar-refractivity contribution in [2.24, 2.45) is 0 Å². The molecule has 1 aromatic heterocycles. The first-order chi connectivity index (χ1) is 14.2. The number of rotatable bonds is 11. The van der Waals surface area contributed by atoms with Gasteiger partial charge in [-0.3, -0.25) is 4.79 Å². The quantitative estimate of drug-likeness (QED) is 0.456. The lowest BCUT2D eigenvalue weighted by molar-refractivity contribution is 0.0953. The summed E-state index contributed by atoms with van der Waals surface area (Å²) in [6, 6.07) is 16.8. The third kappa shape index (κ3) is 5.94. The highest BCUT2D eigenvalue weighted by Crippen LogP contribution is 2.18. The van der Waals surface area contributed by atoms with Crippen molar-refractivity contribution in [2.75, 3.05) is 13.1 Å². The first-order valence-corrected chi connectivity index (χ1v) is 10.9. The van der Waals surface area contributed by atoms with E-state index >= 15 is 0 Å². The van der Waals surface area contributed by atoms with Crippen molar-refractivity contribution in [3.63, 3.8) is 0 Å². The maximum Gasteiger partial charge on any atom is 0.251 e. The van der Waals surface area contributed by atoms with Gasteiger partial charge in [0.15, 0.2) is 0 Å². The summed E-state index contributed by atoms with van der Waals surface area (Å²) < 4.78 is 2.27. The highest BCUT2D eigenvalue weighted by atomic mass is 16.1. The predicted octanol–water partition coefficient (Wildman–Crippen LogP) is 4.91.